The van der Waals surface area contributed by atoms with E-state index in [4.69, 9.17) is 28.3 Å². The number of carbonyl (C=O) groups is 1. The molecule has 2 rings (SSSR count). The molecule has 0 radical (unpaired) electrons. The van der Waals surface area contributed by atoms with Crippen molar-refractivity contribution in [1.82, 2.24) is 0 Å². The number of hydrogen-bond donors (Lipinski definition) is 1. The first-order valence-corrected chi connectivity index (χ1v) is 8.16. The van der Waals surface area contributed by atoms with E-state index < -0.39 is 5.97 Å². The summed E-state index contributed by atoms with van der Waals surface area (Å²) in [5, 5.41) is 9.39. The molecule has 2 nitrogen and oxygen atoms in total. The molecule has 6 heteroatoms. The predicted octanol–water partition coefficient (Wildman–Crippen LogP) is 6.00. The lowest BCUT2D eigenvalue weighted by molar-refractivity contribution is -0.131. The predicted molar refractivity (Wildman–Crippen MR) is 91.4 cm³/mol. The fourth-order valence-corrected chi connectivity index (χ4v) is 3.61. The summed E-state index contributed by atoms with van der Waals surface area (Å²) in [5.41, 5.74) is 0.572. The van der Waals surface area contributed by atoms with Crippen molar-refractivity contribution in [3.63, 3.8) is 0 Å². The number of rotatable bonds is 4. The standard InChI is InChI=1S/C15H9BrCl2O2S/c16-10-2-1-3-11(8-10)21-12-6-4-9(5-7-13(19)20)14(17)15(12)18/h1-8H,(H,19,20). The van der Waals surface area contributed by atoms with Gasteiger partial charge in [0.15, 0.2) is 0 Å². The lowest BCUT2D eigenvalue weighted by Gasteiger charge is -2.08. The van der Waals surface area contributed by atoms with Crippen molar-refractivity contribution in [2.45, 2.75) is 9.79 Å². The highest BCUT2D eigenvalue weighted by Crippen LogP contribution is 2.39. The van der Waals surface area contributed by atoms with Crippen LogP contribution >= 0.6 is 50.9 Å². The third-order valence-corrected chi connectivity index (χ3v) is 5.06. The Kier molecular flexibility index (Phi) is 5.76. The zero-order chi connectivity index (χ0) is 15.4. The summed E-state index contributed by atoms with van der Waals surface area (Å²) in [6, 6.07) is 11.4. The lowest BCUT2D eigenvalue weighted by atomic mass is 10.2. The highest BCUT2D eigenvalue weighted by Gasteiger charge is 2.10. The fourth-order valence-electron chi connectivity index (χ4n) is 1.57. The Hall–Kier alpha value is -0.940. The molecule has 0 aromatic heterocycles. The lowest BCUT2D eigenvalue weighted by Crippen LogP contribution is -1.87. The SMILES string of the molecule is O=C(O)C=Cc1ccc(Sc2cccc(Br)c2)c(Cl)c1Cl. The van der Waals surface area contributed by atoms with Gasteiger partial charge in [0.1, 0.15) is 0 Å². The van der Waals surface area contributed by atoms with Crippen molar-refractivity contribution in [2.75, 3.05) is 0 Å². The molecule has 0 saturated carbocycles. The molecule has 21 heavy (non-hydrogen) atoms. The molecule has 2 aromatic rings. The number of benzene rings is 2. The third kappa shape index (κ3) is 4.51. The van der Waals surface area contributed by atoms with Crippen molar-refractivity contribution in [3.8, 4) is 0 Å². The molecule has 0 spiro atoms. The smallest absolute Gasteiger partial charge is 0.328 e. The molecular weight excluding hydrogens is 395 g/mol. The minimum Gasteiger partial charge on any atom is -0.478 e. The van der Waals surface area contributed by atoms with Gasteiger partial charge in [0.2, 0.25) is 0 Å². The second-order valence-corrected chi connectivity index (χ2v) is 6.80. The van der Waals surface area contributed by atoms with E-state index in [0.29, 0.717) is 15.6 Å². The van der Waals surface area contributed by atoms with Crippen LogP contribution in [0.4, 0.5) is 0 Å². The molecule has 0 heterocycles. The maximum absolute atomic E-state index is 10.5. The van der Waals surface area contributed by atoms with Gasteiger partial charge in [-0.1, -0.05) is 63.0 Å². The molecule has 0 saturated heterocycles. The molecule has 0 aliphatic rings. The number of aliphatic carboxylic acids is 1. The van der Waals surface area contributed by atoms with Gasteiger partial charge in [-0.05, 0) is 35.9 Å². The van der Waals surface area contributed by atoms with Crippen molar-refractivity contribution < 1.29 is 9.90 Å². The largest absolute Gasteiger partial charge is 0.478 e. The van der Waals surface area contributed by atoms with Crippen LogP contribution < -0.4 is 0 Å². The number of carboxylic acid groups (broad SMARTS) is 1. The molecule has 0 amide bonds. The highest BCUT2D eigenvalue weighted by molar-refractivity contribution is 9.10. The molecule has 0 fully saturated rings. The second kappa shape index (κ2) is 7.36. The zero-order valence-corrected chi connectivity index (χ0v) is 14.4. The second-order valence-electron chi connectivity index (χ2n) is 4.01. The highest BCUT2D eigenvalue weighted by atomic mass is 79.9. The summed E-state index contributed by atoms with van der Waals surface area (Å²) in [5.74, 6) is -1.03. The van der Waals surface area contributed by atoms with Crippen LogP contribution in [-0.2, 0) is 4.79 Å². The fraction of sp³-hybridized carbons (Fsp3) is 0. The first-order valence-electron chi connectivity index (χ1n) is 5.80. The Morgan fingerprint density at radius 2 is 1.95 bits per heavy atom. The molecule has 1 N–H and O–H groups in total. The minimum atomic E-state index is -1.03. The molecule has 0 atom stereocenters. The first-order chi connectivity index (χ1) is 9.97. The van der Waals surface area contributed by atoms with Gasteiger partial charge in [-0.15, -0.1) is 0 Å². The summed E-state index contributed by atoms with van der Waals surface area (Å²) in [7, 11) is 0. The third-order valence-electron chi connectivity index (χ3n) is 2.51. The number of halogens is 3. The summed E-state index contributed by atoms with van der Waals surface area (Å²) >= 11 is 17.3. The average Bonchev–Trinajstić information content (AvgIpc) is 2.43. The van der Waals surface area contributed by atoms with Crippen molar-refractivity contribution >= 4 is 62.9 Å². The Morgan fingerprint density at radius 3 is 2.62 bits per heavy atom. The summed E-state index contributed by atoms with van der Waals surface area (Å²) < 4.78 is 0.982. The van der Waals surface area contributed by atoms with E-state index in [2.05, 4.69) is 15.9 Å². The normalized spacial score (nSPS) is 11.0. The van der Waals surface area contributed by atoms with Crippen LogP contribution in [0.5, 0.6) is 0 Å². The Balaban J connectivity index is 2.30. The van der Waals surface area contributed by atoms with Gasteiger partial charge in [0, 0.05) is 20.3 Å². The van der Waals surface area contributed by atoms with Crippen LogP contribution in [0.25, 0.3) is 6.08 Å². The van der Waals surface area contributed by atoms with E-state index in [-0.39, 0.29) is 0 Å². The van der Waals surface area contributed by atoms with Gasteiger partial charge in [-0.2, -0.15) is 0 Å². The quantitative estimate of drug-likeness (QED) is 0.635. The molecule has 108 valence electrons. The van der Waals surface area contributed by atoms with E-state index in [1.54, 1.807) is 6.07 Å². The van der Waals surface area contributed by atoms with Crippen LogP contribution in [0, 0.1) is 0 Å². The van der Waals surface area contributed by atoms with E-state index in [0.717, 1.165) is 20.3 Å². The van der Waals surface area contributed by atoms with Crippen LogP contribution in [0.1, 0.15) is 5.56 Å². The Morgan fingerprint density at radius 1 is 1.19 bits per heavy atom. The van der Waals surface area contributed by atoms with Crippen molar-refractivity contribution in [3.05, 3.63) is 62.6 Å². The molecule has 0 bridgehead atoms. The van der Waals surface area contributed by atoms with Crippen LogP contribution in [-0.4, -0.2) is 11.1 Å². The van der Waals surface area contributed by atoms with Gasteiger partial charge in [0.05, 0.1) is 10.0 Å². The van der Waals surface area contributed by atoms with Crippen molar-refractivity contribution in [2.24, 2.45) is 0 Å². The number of carboxylic acids is 1. The first kappa shape index (κ1) is 16.4. The van der Waals surface area contributed by atoms with Gasteiger partial charge in [0.25, 0.3) is 0 Å². The van der Waals surface area contributed by atoms with Crippen LogP contribution in [0.3, 0.4) is 0 Å². The van der Waals surface area contributed by atoms with E-state index in [1.165, 1.54) is 17.8 Å². The minimum absolute atomic E-state index is 0.342. The van der Waals surface area contributed by atoms with E-state index >= 15 is 0 Å². The average molecular weight is 404 g/mol. The molecule has 0 aliphatic heterocycles. The number of hydrogen-bond acceptors (Lipinski definition) is 2. The molecule has 0 aliphatic carbocycles. The maximum atomic E-state index is 10.5. The van der Waals surface area contributed by atoms with Crippen LogP contribution in [0.15, 0.2) is 56.7 Å². The van der Waals surface area contributed by atoms with Crippen LogP contribution in [0.2, 0.25) is 10.0 Å². The molecular formula is C15H9BrCl2O2S. The summed E-state index contributed by atoms with van der Waals surface area (Å²) in [6.45, 7) is 0. The van der Waals surface area contributed by atoms with Gasteiger partial charge in [-0.25, -0.2) is 4.79 Å². The molecule has 2 aromatic carbocycles. The monoisotopic (exact) mass is 402 g/mol. The van der Waals surface area contributed by atoms with Gasteiger partial charge >= 0.3 is 5.97 Å². The van der Waals surface area contributed by atoms with Crippen molar-refractivity contribution in [1.29, 1.82) is 0 Å². The summed E-state index contributed by atoms with van der Waals surface area (Å²) in [6.07, 6.45) is 2.45. The topological polar surface area (TPSA) is 37.3 Å². The maximum Gasteiger partial charge on any atom is 0.328 e. The Labute approximate surface area is 144 Å². The van der Waals surface area contributed by atoms with E-state index in [9.17, 15) is 4.79 Å². The Bertz CT molecular complexity index is 717. The van der Waals surface area contributed by atoms with Gasteiger partial charge in [-0.3, -0.25) is 0 Å². The van der Waals surface area contributed by atoms with E-state index in [1.807, 2.05) is 30.3 Å². The molecule has 0 unspecified atom stereocenters. The summed E-state index contributed by atoms with van der Waals surface area (Å²) in [4.78, 5) is 12.4. The zero-order valence-electron chi connectivity index (χ0n) is 10.5. The van der Waals surface area contributed by atoms with Gasteiger partial charge < -0.3 is 5.11 Å².